The highest BCUT2D eigenvalue weighted by molar-refractivity contribution is 6.29. The fraction of sp³-hybridized carbons (Fsp3) is 0.500. The minimum Gasteiger partial charge on any atom is -0.357 e. The van der Waals surface area contributed by atoms with Gasteiger partial charge in [0.25, 0.3) is 0 Å². The number of aromatic nitrogens is 1. The monoisotopic (exact) mass is 237 g/mol. The van der Waals surface area contributed by atoms with Crippen LogP contribution in [-0.2, 0) is 0 Å². The van der Waals surface area contributed by atoms with E-state index in [2.05, 4.69) is 31.8 Å². The number of anilines is 1. The first-order valence-electron chi connectivity index (χ1n) is 5.26. The fourth-order valence-corrected chi connectivity index (χ4v) is 1.59. The summed E-state index contributed by atoms with van der Waals surface area (Å²) in [4.78, 5) is 6.26. The lowest BCUT2D eigenvalue weighted by molar-refractivity contribution is 0.503. The zero-order valence-corrected chi connectivity index (χ0v) is 10.8. The highest BCUT2D eigenvalue weighted by Crippen LogP contribution is 2.20. The van der Waals surface area contributed by atoms with Crippen molar-refractivity contribution in [1.29, 1.82) is 5.26 Å². The van der Waals surface area contributed by atoms with Gasteiger partial charge in [-0.3, -0.25) is 0 Å². The van der Waals surface area contributed by atoms with Gasteiger partial charge in [-0.05, 0) is 25.0 Å². The molecule has 0 fully saturated rings. The minimum absolute atomic E-state index is 0.345. The van der Waals surface area contributed by atoms with Gasteiger partial charge in [0.2, 0.25) is 0 Å². The van der Waals surface area contributed by atoms with E-state index >= 15 is 0 Å². The first-order valence-corrected chi connectivity index (χ1v) is 5.64. The molecule has 0 saturated carbocycles. The Morgan fingerprint density at radius 2 is 2.00 bits per heavy atom. The predicted octanol–water partition coefficient (Wildman–Crippen LogP) is 3.09. The van der Waals surface area contributed by atoms with E-state index in [1.165, 1.54) is 0 Å². The van der Waals surface area contributed by atoms with Gasteiger partial charge in [-0.1, -0.05) is 25.4 Å². The molecule has 0 amide bonds. The van der Waals surface area contributed by atoms with Crippen LogP contribution in [0.25, 0.3) is 0 Å². The van der Waals surface area contributed by atoms with Gasteiger partial charge >= 0.3 is 0 Å². The Morgan fingerprint density at radius 1 is 1.38 bits per heavy atom. The maximum atomic E-state index is 8.86. The molecule has 1 atom stereocenters. The molecule has 0 aliphatic carbocycles. The van der Waals surface area contributed by atoms with Crippen LogP contribution in [0.2, 0.25) is 5.15 Å². The first kappa shape index (κ1) is 12.8. The van der Waals surface area contributed by atoms with Gasteiger partial charge in [0, 0.05) is 13.1 Å². The van der Waals surface area contributed by atoms with Gasteiger partial charge in [0.05, 0.1) is 11.6 Å². The largest absolute Gasteiger partial charge is 0.357 e. The van der Waals surface area contributed by atoms with Crippen LogP contribution in [0.3, 0.4) is 0 Å². The molecule has 0 radical (unpaired) electrons. The number of halogens is 1. The van der Waals surface area contributed by atoms with Crippen LogP contribution in [0.15, 0.2) is 12.1 Å². The Hall–Kier alpha value is -1.27. The van der Waals surface area contributed by atoms with Crippen molar-refractivity contribution in [2.75, 3.05) is 11.9 Å². The lowest BCUT2D eigenvalue weighted by atomic mass is 10.1. The third kappa shape index (κ3) is 2.86. The molecule has 0 aliphatic rings. The highest BCUT2D eigenvalue weighted by atomic mass is 35.5. The molecule has 0 aliphatic heterocycles. The molecule has 0 bridgehead atoms. The zero-order chi connectivity index (χ0) is 12.3. The molecule has 0 saturated heterocycles. The molecule has 4 heteroatoms. The highest BCUT2D eigenvalue weighted by Gasteiger charge is 2.15. The minimum atomic E-state index is 0.345. The first-order chi connectivity index (χ1) is 7.45. The van der Waals surface area contributed by atoms with E-state index in [1.54, 1.807) is 12.1 Å². The Labute approximate surface area is 102 Å². The summed E-state index contributed by atoms with van der Waals surface area (Å²) in [7, 11) is 1.96. The van der Waals surface area contributed by atoms with E-state index in [-0.39, 0.29) is 0 Å². The lowest BCUT2D eigenvalue weighted by Gasteiger charge is -2.29. The Morgan fingerprint density at radius 3 is 2.50 bits per heavy atom. The number of hydrogen-bond acceptors (Lipinski definition) is 3. The SMILES string of the molecule is CC(C)C(C)N(C)c1cc(C#N)cc(Cl)n1. The Balaban J connectivity index is 3.04. The molecule has 0 aromatic carbocycles. The van der Waals surface area contributed by atoms with Crippen molar-refractivity contribution in [1.82, 2.24) is 4.98 Å². The maximum Gasteiger partial charge on any atom is 0.132 e. The zero-order valence-electron chi connectivity index (χ0n) is 10.0. The molecule has 1 aromatic heterocycles. The van der Waals surface area contributed by atoms with Crippen molar-refractivity contribution < 1.29 is 0 Å². The number of nitriles is 1. The lowest BCUT2D eigenvalue weighted by Crippen LogP contribution is -2.33. The number of pyridine rings is 1. The number of nitrogens with zero attached hydrogens (tertiary/aromatic N) is 3. The van der Waals surface area contributed by atoms with E-state index in [0.29, 0.717) is 22.7 Å². The molecule has 0 spiro atoms. The second-order valence-electron chi connectivity index (χ2n) is 4.24. The van der Waals surface area contributed by atoms with E-state index in [0.717, 1.165) is 5.82 Å². The molecule has 16 heavy (non-hydrogen) atoms. The summed E-state index contributed by atoms with van der Waals surface area (Å²) in [6.45, 7) is 6.42. The van der Waals surface area contributed by atoms with Crippen molar-refractivity contribution in [2.45, 2.75) is 26.8 Å². The van der Waals surface area contributed by atoms with Crippen LogP contribution in [0, 0.1) is 17.2 Å². The average Bonchev–Trinajstić information content (AvgIpc) is 2.25. The molecule has 1 heterocycles. The van der Waals surface area contributed by atoms with Gasteiger partial charge in [-0.25, -0.2) is 4.98 Å². The van der Waals surface area contributed by atoms with Gasteiger partial charge in [0.1, 0.15) is 11.0 Å². The summed E-state index contributed by atoms with van der Waals surface area (Å²) in [6, 6.07) is 5.75. The van der Waals surface area contributed by atoms with Crippen LogP contribution in [0.4, 0.5) is 5.82 Å². The van der Waals surface area contributed by atoms with Crippen molar-refractivity contribution in [3.05, 3.63) is 22.8 Å². The molecule has 1 unspecified atom stereocenters. The van der Waals surface area contributed by atoms with Gasteiger partial charge < -0.3 is 4.90 Å². The topological polar surface area (TPSA) is 39.9 Å². The summed E-state index contributed by atoms with van der Waals surface area (Å²) in [5.74, 6) is 1.25. The number of rotatable bonds is 3. The summed E-state index contributed by atoms with van der Waals surface area (Å²) in [5.41, 5.74) is 0.540. The Bertz CT molecular complexity index is 409. The quantitative estimate of drug-likeness (QED) is 0.759. The maximum absolute atomic E-state index is 8.86. The van der Waals surface area contributed by atoms with Crippen LogP contribution in [0.5, 0.6) is 0 Å². The van der Waals surface area contributed by atoms with Crippen LogP contribution >= 0.6 is 11.6 Å². The fourth-order valence-electron chi connectivity index (χ4n) is 1.38. The normalized spacial score (nSPS) is 12.3. The van der Waals surface area contributed by atoms with Crippen molar-refractivity contribution in [3.63, 3.8) is 0 Å². The molecular formula is C12H16ClN3. The molecule has 1 rings (SSSR count). The third-order valence-electron chi connectivity index (χ3n) is 2.85. The smallest absolute Gasteiger partial charge is 0.132 e. The van der Waals surface area contributed by atoms with Gasteiger partial charge in [0.15, 0.2) is 0 Å². The van der Waals surface area contributed by atoms with Crippen molar-refractivity contribution >= 4 is 17.4 Å². The molecule has 1 aromatic rings. The summed E-state index contributed by atoms with van der Waals surface area (Å²) in [5, 5.41) is 9.22. The second-order valence-corrected chi connectivity index (χ2v) is 4.63. The molecule has 86 valence electrons. The van der Waals surface area contributed by atoms with Gasteiger partial charge in [-0.15, -0.1) is 0 Å². The van der Waals surface area contributed by atoms with E-state index < -0.39 is 0 Å². The molecule has 3 nitrogen and oxygen atoms in total. The van der Waals surface area contributed by atoms with Crippen molar-refractivity contribution in [3.8, 4) is 6.07 Å². The number of hydrogen-bond donors (Lipinski definition) is 0. The van der Waals surface area contributed by atoms with Crippen LogP contribution in [-0.4, -0.2) is 18.1 Å². The third-order valence-corrected chi connectivity index (χ3v) is 3.04. The van der Waals surface area contributed by atoms with Gasteiger partial charge in [-0.2, -0.15) is 5.26 Å². The van der Waals surface area contributed by atoms with Crippen LogP contribution < -0.4 is 4.90 Å². The Kier molecular flexibility index (Phi) is 4.14. The van der Waals surface area contributed by atoms with E-state index in [1.807, 2.05) is 11.9 Å². The summed E-state index contributed by atoms with van der Waals surface area (Å²) >= 11 is 5.87. The summed E-state index contributed by atoms with van der Waals surface area (Å²) in [6.07, 6.45) is 0. The van der Waals surface area contributed by atoms with E-state index in [4.69, 9.17) is 16.9 Å². The molecular weight excluding hydrogens is 222 g/mol. The van der Waals surface area contributed by atoms with E-state index in [9.17, 15) is 0 Å². The molecule has 0 N–H and O–H groups in total. The standard InChI is InChI=1S/C12H16ClN3/c1-8(2)9(3)16(4)12-6-10(7-14)5-11(13)15-12/h5-6,8-9H,1-4H3. The average molecular weight is 238 g/mol. The second kappa shape index (κ2) is 5.18. The van der Waals surface area contributed by atoms with Crippen LogP contribution in [0.1, 0.15) is 26.3 Å². The van der Waals surface area contributed by atoms with Crippen molar-refractivity contribution in [2.24, 2.45) is 5.92 Å². The summed E-state index contributed by atoms with van der Waals surface area (Å²) < 4.78 is 0. The predicted molar refractivity (Wildman–Crippen MR) is 66.7 cm³/mol.